The summed E-state index contributed by atoms with van der Waals surface area (Å²) < 4.78 is 48.2. The van der Waals surface area contributed by atoms with Gasteiger partial charge in [0.1, 0.15) is 24.2 Å². The number of anilines is 2. The molecule has 0 spiro atoms. The second kappa shape index (κ2) is 15.2. The zero-order valence-electron chi connectivity index (χ0n) is 32.4. The highest BCUT2D eigenvalue weighted by Gasteiger charge is 2.41. The number of nitrogens with zero attached hydrogens (tertiary/aromatic N) is 9. The highest BCUT2D eigenvalue weighted by Crippen LogP contribution is 2.41. The van der Waals surface area contributed by atoms with Crippen LogP contribution in [0.1, 0.15) is 67.4 Å². The predicted molar refractivity (Wildman–Crippen MR) is 206 cm³/mol. The van der Waals surface area contributed by atoms with E-state index >= 15 is 0 Å². The van der Waals surface area contributed by atoms with Gasteiger partial charge in [-0.15, -0.1) is 5.10 Å². The topological polar surface area (TPSA) is 180 Å². The van der Waals surface area contributed by atoms with Crippen molar-refractivity contribution in [1.82, 2.24) is 38.9 Å². The van der Waals surface area contributed by atoms with E-state index in [9.17, 15) is 37.5 Å². The van der Waals surface area contributed by atoms with Crippen LogP contribution in [0.15, 0.2) is 35.4 Å². The van der Waals surface area contributed by atoms with Gasteiger partial charge < -0.3 is 34.4 Å². The predicted octanol–water partition coefficient (Wildman–Crippen LogP) is 4.80. The molecule has 2 atom stereocenters. The largest absolute Gasteiger partial charge is 0.504 e. The molecule has 0 radical (unpaired) electrons. The maximum Gasteiger partial charge on any atom is 0.416 e. The number of halogens is 4. The van der Waals surface area contributed by atoms with Gasteiger partial charge >= 0.3 is 12.3 Å². The molecule has 4 aromatic rings. The number of alkyl halides is 3. The van der Waals surface area contributed by atoms with Gasteiger partial charge in [-0.25, -0.2) is 14.8 Å². The summed E-state index contributed by atoms with van der Waals surface area (Å²) in [7, 11) is 0. The number of ether oxygens (including phenoxy) is 1. The Morgan fingerprint density at radius 1 is 1.05 bits per heavy atom. The first-order valence-electron chi connectivity index (χ1n) is 18.8. The van der Waals surface area contributed by atoms with Crippen LogP contribution in [0.5, 0.6) is 5.75 Å². The third-order valence-corrected chi connectivity index (χ3v) is 10.8. The molecule has 3 aliphatic rings. The minimum atomic E-state index is -4.63. The van der Waals surface area contributed by atoms with Gasteiger partial charge in [0.15, 0.2) is 17.3 Å². The molecule has 7 rings (SSSR count). The smallest absolute Gasteiger partial charge is 0.416 e. The Balaban J connectivity index is 1.21. The van der Waals surface area contributed by atoms with Gasteiger partial charge in [0.2, 0.25) is 11.7 Å². The molecule has 2 fully saturated rings. The van der Waals surface area contributed by atoms with Crippen molar-refractivity contribution in [2.75, 3.05) is 49.5 Å². The number of hydrogen-bond acceptors (Lipinski definition) is 11. The number of carbonyl (C=O) groups excluding carboxylic acids is 3. The van der Waals surface area contributed by atoms with Crippen molar-refractivity contribution in [3.8, 4) is 5.75 Å². The maximum atomic E-state index is 14.5. The normalized spacial score (nSPS) is 18.4. The molecule has 1 aliphatic carbocycles. The number of benzene rings is 1. The van der Waals surface area contributed by atoms with Gasteiger partial charge in [-0.1, -0.05) is 24.6 Å². The highest BCUT2D eigenvalue weighted by atomic mass is 35.5. The first-order valence-corrected chi connectivity index (χ1v) is 19.1. The summed E-state index contributed by atoms with van der Waals surface area (Å²) in [6, 6.07) is 2.61. The van der Waals surface area contributed by atoms with Crippen molar-refractivity contribution >= 4 is 52.2 Å². The van der Waals surface area contributed by atoms with Crippen molar-refractivity contribution in [3.05, 3.63) is 74.4 Å². The summed E-state index contributed by atoms with van der Waals surface area (Å²) in [6.45, 7) is 10.1. The minimum absolute atomic E-state index is 0.0150. The summed E-state index contributed by atoms with van der Waals surface area (Å²) in [5, 5.41) is 17.4. The van der Waals surface area contributed by atoms with Crippen molar-refractivity contribution in [3.63, 3.8) is 0 Å². The fourth-order valence-electron chi connectivity index (χ4n) is 7.65. The van der Waals surface area contributed by atoms with E-state index in [0.29, 0.717) is 25.2 Å². The second-order valence-electron chi connectivity index (χ2n) is 15.6. The second-order valence-corrected chi connectivity index (χ2v) is 16.0. The molecule has 2 unspecified atom stereocenters. The Morgan fingerprint density at radius 2 is 1.78 bits per heavy atom. The third kappa shape index (κ3) is 7.91. The molecule has 2 N–H and O–H groups in total. The lowest BCUT2D eigenvalue weighted by Crippen LogP contribution is -2.51. The monoisotopic (exact) mass is 826 g/mol. The summed E-state index contributed by atoms with van der Waals surface area (Å²) in [4.78, 5) is 71.9. The Bertz CT molecular complexity index is 2400. The molecular formula is C38H42ClF3N10O6. The van der Waals surface area contributed by atoms with Crippen LogP contribution in [0, 0.1) is 18.8 Å². The lowest BCUT2D eigenvalue weighted by molar-refractivity contribution is -0.137. The van der Waals surface area contributed by atoms with Crippen LogP contribution in [-0.4, -0.2) is 107 Å². The van der Waals surface area contributed by atoms with Crippen molar-refractivity contribution in [1.29, 1.82) is 0 Å². The van der Waals surface area contributed by atoms with E-state index in [1.165, 1.54) is 11.2 Å². The van der Waals surface area contributed by atoms with Crippen LogP contribution < -0.4 is 15.8 Å². The molecule has 0 bridgehead atoms. The standard InChI is InChI=1S/C38H42ClF3N10O6/c1-6-27-30(48-9-11-49(12-10-48)33(55)29-31(54)20(2)43-19-44-29)34(56)52-35(51(27)18-28(53)45-26-8-7-24(15-25(26)39)38(40,41)42)46-32(47-52)21-13-22-16-50(17-23(22)14-21)36(57)58-37(3,4)5/h7-8,13,15,19,22-23,54H,6,9-12,14,16-18H2,1-5H3,(H,45,53). The van der Waals surface area contributed by atoms with Gasteiger partial charge in [0.25, 0.3) is 11.5 Å². The Morgan fingerprint density at radius 3 is 2.41 bits per heavy atom. The average Bonchev–Trinajstić information content (AvgIpc) is 3.88. The van der Waals surface area contributed by atoms with E-state index in [1.54, 1.807) is 16.4 Å². The number of likely N-dealkylation sites (tertiary alicyclic amines) is 1. The van der Waals surface area contributed by atoms with E-state index in [0.717, 1.165) is 28.3 Å². The maximum absolute atomic E-state index is 14.5. The van der Waals surface area contributed by atoms with Crippen molar-refractivity contribution in [2.45, 2.75) is 65.8 Å². The van der Waals surface area contributed by atoms with Crippen molar-refractivity contribution < 1.29 is 37.4 Å². The number of rotatable bonds is 7. The number of nitrogens with one attached hydrogen (secondary N) is 1. The van der Waals surface area contributed by atoms with Crippen LogP contribution in [0.3, 0.4) is 0 Å². The molecule has 2 aliphatic heterocycles. The lowest BCUT2D eigenvalue weighted by atomic mass is 10.00. The van der Waals surface area contributed by atoms with E-state index in [-0.39, 0.29) is 95.7 Å². The Kier molecular flexibility index (Phi) is 10.6. The van der Waals surface area contributed by atoms with Gasteiger partial charge in [-0.3, -0.25) is 14.4 Å². The van der Waals surface area contributed by atoms with E-state index < -0.39 is 41.3 Å². The Labute approximate surface area is 335 Å². The van der Waals surface area contributed by atoms with E-state index in [1.807, 2.05) is 38.7 Å². The summed E-state index contributed by atoms with van der Waals surface area (Å²) in [5.74, 6) is -0.992. The molecule has 1 aromatic carbocycles. The summed E-state index contributed by atoms with van der Waals surface area (Å²) in [6.07, 6.45) is -1.02. The average molecular weight is 827 g/mol. The quantitative estimate of drug-likeness (QED) is 0.261. The zero-order valence-corrected chi connectivity index (χ0v) is 33.2. The minimum Gasteiger partial charge on any atom is -0.504 e. The van der Waals surface area contributed by atoms with Crippen LogP contribution in [0.2, 0.25) is 5.02 Å². The number of amides is 3. The summed E-state index contributed by atoms with van der Waals surface area (Å²) in [5.41, 5.74) is -0.540. The molecule has 308 valence electrons. The van der Waals surface area contributed by atoms with Gasteiger partial charge in [0.05, 0.1) is 27.7 Å². The number of aryl methyl sites for hydroxylation is 1. The zero-order chi connectivity index (χ0) is 41.8. The molecule has 58 heavy (non-hydrogen) atoms. The number of piperazine rings is 1. The number of carbonyl (C=O) groups is 3. The van der Waals surface area contributed by atoms with Gasteiger partial charge in [0, 0.05) is 45.2 Å². The third-order valence-electron chi connectivity index (χ3n) is 10.5. The van der Waals surface area contributed by atoms with Crippen molar-refractivity contribution in [2.24, 2.45) is 11.8 Å². The number of allylic oxidation sites excluding steroid dienone is 1. The van der Waals surface area contributed by atoms with E-state index in [4.69, 9.17) is 21.3 Å². The molecule has 2 saturated heterocycles. The fourth-order valence-corrected chi connectivity index (χ4v) is 7.88. The van der Waals surface area contributed by atoms with Crippen LogP contribution >= 0.6 is 11.6 Å². The fraction of sp³-hybridized carbons (Fsp3) is 0.474. The first-order chi connectivity index (χ1) is 27.3. The lowest BCUT2D eigenvalue weighted by Gasteiger charge is -2.36. The molecule has 20 heteroatoms. The number of aromatic nitrogens is 6. The molecule has 3 aromatic heterocycles. The van der Waals surface area contributed by atoms with Crippen LogP contribution in [0.25, 0.3) is 11.4 Å². The van der Waals surface area contributed by atoms with Gasteiger partial charge in [-0.2, -0.15) is 22.7 Å². The van der Waals surface area contributed by atoms with Gasteiger partial charge in [-0.05, 0) is 70.2 Å². The number of aromatic hydroxyl groups is 1. The SMILES string of the molecule is CCc1c(N2CCN(C(=O)c3ncnc(C)c3O)CC2)c(=O)n2nc(C3=CC4CN(C(=O)OC(C)(C)C)CC4C3)nc2n1CC(=O)Nc1ccc(C(F)(F)F)cc1Cl. The Hall–Kier alpha value is -5.72. The highest BCUT2D eigenvalue weighted by molar-refractivity contribution is 6.33. The molecule has 16 nitrogen and oxygen atoms in total. The molecule has 5 heterocycles. The first kappa shape index (κ1) is 40.5. The number of hydrogen-bond donors (Lipinski definition) is 2. The van der Waals surface area contributed by atoms with E-state index in [2.05, 4.69) is 20.4 Å². The van der Waals surface area contributed by atoms with Crippen LogP contribution in [-0.2, 0) is 28.7 Å². The molecule has 3 amide bonds. The van der Waals surface area contributed by atoms with Crippen LogP contribution in [0.4, 0.5) is 29.3 Å². The molecule has 0 saturated carbocycles. The number of fused-ring (bicyclic) bond motifs is 2. The summed E-state index contributed by atoms with van der Waals surface area (Å²) >= 11 is 6.16. The molecular weight excluding hydrogens is 785 g/mol.